The summed E-state index contributed by atoms with van der Waals surface area (Å²) < 4.78 is 4.32. The maximum absolute atomic E-state index is 5.97. The van der Waals surface area contributed by atoms with Gasteiger partial charge in [-0.2, -0.15) is 4.37 Å². The molecular weight excluding hydrogens is 230 g/mol. The molecule has 1 aromatic heterocycles. The molecule has 0 unspecified atom stereocenters. The Bertz CT molecular complexity index is 389. The molecule has 0 aromatic carbocycles. The van der Waals surface area contributed by atoms with Gasteiger partial charge in [0.15, 0.2) is 0 Å². The molecule has 1 heterocycles. The summed E-state index contributed by atoms with van der Waals surface area (Å²) in [5, 5.41) is 4.94. The van der Waals surface area contributed by atoms with Crippen LogP contribution in [0.1, 0.15) is 56.9 Å². The highest BCUT2D eigenvalue weighted by molar-refractivity contribution is 7.10. The number of aromatic nitrogens is 1. The molecular formula is C13H21N3S. The first kappa shape index (κ1) is 11.3. The topological polar surface area (TPSA) is 50.9 Å². The summed E-state index contributed by atoms with van der Waals surface area (Å²) >= 11 is 1.55. The van der Waals surface area contributed by atoms with Crippen LogP contribution in [0.25, 0.3) is 0 Å². The van der Waals surface area contributed by atoms with Crippen LogP contribution in [-0.2, 0) is 0 Å². The van der Waals surface area contributed by atoms with Gasteiger partial charge in [-0.3, -0.25) is 0 Å². The van der Waals surface area contributed by atoms with Crippen molar-refractivity contribution < 1.29 is 0 Å². The second kappa shape index (κ2) is 4.48. The van der Waals surface area contributed by atoms with Crippen molar-refractivity contribution in [3.63, 3.8) is 0 Å². The van der Waals surface area contributed by atoms with Crippen molar-refractivity contribution >= 4 is 22.4 Å². The largest absolute Gasteiger partial charge is 0.383 e. The van der Waals surface area contributed by atoms with Gasteiger partial charge in [0, 0.05) is 11.6 Å². The van der Waals surface area contributed by atoms with Crippen LogP contribution in [0.5, 0.6) is 0 Å². The van der Waals surface area contributed by atoms with E-state index >= 15 is 0 Å². The smallest absolute Gasteiger partial charge is 0.142 e. The molecule has 2 aliphatic carbocycles. The third-order valence-corrected chi connectivity index (χ3v) is 4.90. The van der Waals surface area contributed by atoms with Crippen LogP contribution in [0.3, 0.4) is 0 Å². The first-order chi connectivity index (χ1) is 8.24. The summed E-state index contributed by atoms with van der Waals surface area (Å²) in [7, 11) is 0. The molecule has 0 spiro atoms. The third-order valence-electron chi connectivity index (χ3n) is 4.09. The van der Waals surface area contributed by atoms with Crippen LogP contribution in [0.15, 0.2) is 0 Å². The molecule has 0 amide bonds. The normalized spacial score (nSPS) is 29.2. The van der Waals surface area contributed by atoms with Gasteiger partial charge in [0.1, 0.15) is 10.8 Å². The van der Waals surface area contributed by atoms with Crippen LogP contribution >= 0.6 is 11.5 Å². The molecule has 0 aliphatic heterocycles. The molecule has 1 aromatic rings. The van der Waals surface area contributed by atoms with Crippen molar-refractivity contribution in [1.82, 2.24) is 4.37 Å². The van der Waals surface area contributed by atoms with E-state index in [1.165, 1.54) is 49.1 Å². The first-order valence-electron chi connectivity index (χ1n) is 6.75. The summed E-state index contributed by atoms with van der Waals surface area (Å²) in [5.74, 6) is 2.37. The zero-order valence-electron chi connectivity index (χ0n) is 10.4. The second-order valence-corrected chi connectivity index (χ2v) is 6.46. The van der Waals surface area contributed by atoms with E-state index in [1.54, 1.807) is 11.5 Å². The summed E-state index contributed by atoms with van der Waals surface area (Å²) in [5.41, 5.74) is 7.28. The van der Waals surface area contributed by atoms with Crippen molar-refractivity contribution in [2.24, 2.45) is 5.92 Å². The Morgan fingerprint density at radius 3 is 2.53 bits per heavy atom. The zero-order chi connectivity index (χ0) is 11.8. The third kappa shape index (κ3) is 2.41. The van der Waals surface area contributed by atoms with Gasteiger partial charge in [-0.1, -0.05) is 6.92 Å². The number of hydrogen-bond acceptors (Lipinski definition) is 4. The maximum Gasteiger partial charge on any atom is 0.142 e. The first-order valence-corrected chi connectivity index (χ1v) is 7.53. The standard InChI is InChI=1S/C13H21N3S/c1-8-2-6-10(7-3-8)15-13-11(9-4-5-9)12(14)16-17-13/h8-10,15H,2-7H2,1H3,(H2,14,16). The summed E-state index contributed by atoms with van der Waals surface area (Å²) in [6.45, 7) is 2.36. The molecule has 0 bridgehead atoms. The molecule has 0 radical (unpaired) electrons. The fourth-order valence-corrected chi connectivity index (χ4v) is 3.65. The van der Waals surface area contributed by atoms with E-state index in [9.17, 15) is 0 Å². The SMILES string of the molecule is CC1CCC(Nc2snc(N)c2C2CC2)CC1. The van der Waals surface area contributed by atoms with E-state index in [-0.39, 0.29) is 0 Å². The van der Waals surface area contributed by atoms with Gasteiger partial charge in [-0.15, -0.1) is 0 Å². The van der Waals surface area contributed by atoms with E-state index in [0.717, 1.165) is 11.7 Å². The van der Waals surface area contributed by atoms with Gasteiger partial charge in [0.05, 0.1) is 0 Å². The number of nitrogens with zero attached hydrogens (tertiary/aromatic N) is 1. The van der Waals surface area contributed by atoms with Gasteiger partial charge in [0.25, 0.3) is 0 Å². The number of nitrogens with two attached hydrogens (primary N) is 1. The fourth-order valence-electron chi connectivity index (χ4n) is 2.77. The van der Waals surface area contributed by atoms with Crippen LogP contribution in [0, 0.1) is 5.92 Å². The molecule has 2 saturated carbocycles. The van der Waals surface area contributed by atoms with Crippen molar-refractivity contribution in [3.05, 3.63) is 5.56 Å². The number of anilines is 2. The lowest BCUT2D eigenvalue weighted by molar-refractivity contribution is 0.361. The minimum absolute atomic E-state index is 0.642. The van der Waals surface area contributed by atoms with E-state index in [4.69, 9.17) is 5.73 Å². The molecule has 94 valence electrons. The summed E-state index contributed by atoms with van der Waals surface area (Å²) in [6.07, 6.45) is 7.87. The van der Waals surface area contributed by atoms with Gasteiger partial charge in [0.2, 0.25) is 0 Å². The second-order valence-electron chi connectivity index (χ2n) is 5.69. The lowest BCUT2D eigenvalue weighted by atomic mass is 9.87. The number of hydrogen-bond donors (Lipinski definition) is 2. The van der Waals surface area contributed by atoms with E-state index < -0.39 is 0 Å². The molecule has 0 atom stereocenters. The monoisotopic (exact) mass is 251 g/mol. The van der Waals surface area contributed by atoms with Crippen LogP contribution in [-0.4, -0.2) is 10.4 Å². The highest BCUT2D eigenvalue weighted by Gasteiger charge is 2.31. The van der Waals surface area contributed by atoms with Crippen molar-refractivity contribution in [3.8, 4) is 0 Å². The number of rotatable bonds is 3. The highest BCUT2D eigenvalue weighted by atomic mass is 32.1. The zero-order valence-corrected chi connectivity index (χ0v) is 11.2. The van der Waals surface area contributed by atoms with Crippen LogP contribution in [0.4, 0.5) is 10.8 Å². The molecule has 3 N–H and O–H groups in total. The molecule has 3 rings (SSSR count). The summed E-state index contributed by atoms with van der Waals surface area (Å²) in [6, 6.07) is 0.642. The quantitative estimate of drug-likeness (QED) is 0.863. The molecule has 4 heteroatoms. The maximum atomic E-state index is 5.97. The lowest BCUT2D eigenvalue weighted by Crippen LogP contribution is -2.25. The van der Waals surface area contributed by atoms with E-state index in [1.807, 2.05) is 0 Å². The molecule has 2 aliphatic rings. The molecule has 2 fully saturated rings. The minimum atomic E-state index is 0.642. The van der Waals surface area contributed by atoms with Gasteiger partial charge in [-0.05, 0) is 61.9 Å². The average Bonchev–Trinajstić information content (AvgIpc) is 3.08. The Labute approximate surface area is 107 Å². The Balaban J connectivity index is 1.68. The highest BCUT2D eigenvalue weighted by Crippen LogP contribution is 2.48. The molecule has 17 heavy (non-hydrogen) atoms. The Kier molecular flexibility index (Phi) is 2.99. The minimum Gasteiger partial charge on any atom is -0.383 e. The molecule has 3 nitrogen and oxygen atoms in total. The predicted octanol–water partition coefficient (Wildman–Crippen LogP) is 3.59. The van der Waals surface area contributed by atoms with E-state index in [0.29, 0.717) is 12.0 Å². The summed E-state index contributed by atoms with van der Waals surface area (Å²) in [4.78, 5) is 0. The van der Waals surface area contributed by atoms with Gasteiger partial charge in [-0.25, -0.2) is 0 Å². The lowest BCUT2D eigenvalue weighted by Gasteiger charge is -2.27. The van der Waals surface area contributed by atoms with Gasteiger partial charge >= 0.3 is 0 Å². The van der Waals surface area contributed by atoms with Crippen LogP contribution < -0.4 is 11.1 Å². The Morgan fingerprint density at radius 1 is 1.18 bits per heavy atom. The van der Waals surface area contributed by atoms with Crippen LogP contribution in [0.2, 0.25) is 0 Å². The van der Waals surface area contributed by atoms with Gasteiger partial charge < -0.3 is 11.1 Å². The number of nitrogens with one attached hydrogen (secondary N) is 1. The number of nitrogen functional groups attached to an aromatic ring is 1. The Hall–Kier alpha value is -0.770. The average molecular weight is 251 g/mol. The Morgan fingerprint density at radius 2 is 1.88 bits per heavy atom. The fraction of sp³-hybridized carbons (Fsp3) is 0.769. The van der Waals surface area contributed by atoms with Crippen molar-refractivity contribution in [1.29, 1.82) is 0 Å². The molecule has 0 saturated heterocycles. The van der Waals surface area contributed by atoms with E-state index in [2.05, 4.69) is 16.6 Å². The van der Waals surface area contributed by atoms with Crippen molar-refractivity contribution in [2.45, 2.75) is 57.4 Å². The van der Waals surface area contributed by atoms with Crippen molar-refractivity contribution in [2.75, 3.05) is 11.1 Å². The predicted molar refractivity (Wildman–Crippen MR) is 73.5 cm³/mol.